The van der Waals surface area contributed by atoms with Gasteiger partial charge in [0, 0.05) is 6.92 Å². The minimum absolute atomic E-state index is 0. The van der Waals surface area contributed by atoms with Gasteiger partial charge in [-0.25, -0.2) is 0 Å². The van der Waals surface area contributed by atoms with E-state index in [1.54, 1.807) is 0 Å². The van der Waals surface area contributed by atoms with Crippen molar-refractivity contribution in [2.75, 3.05) is 0 Å². The number of carboxylic acids is 1. The molecular weight excluding hydrogens is 102 g/mol. The van der Waals surface area contributed by atoms with Crippen molar-refractivity contribution in [3.63, 3.8) is 0 Å². The van der Waals surface area contributed by atoms with Crippen LogP contribution in [0.15, 0.2) is 0 Å². The molecule has 0 aliphatic carbocycles. The normalized spacial score (nSPS) is 4.17. The molecule has 0 heterocycles. The van der Waals surface area contributed by atoms with E-state index in [0.717, 1.165) is 6.92 Å². The zero-order valence-electron chi connectivity index (χ0n) is 2.36. The number of hydrogen-bond donors (Lipinski definition) is 1. The van der Waals surface area contributed by atoms with Crippen molar-refractivity contribution in [1.82, 2.24) is 0 Å². The minimum atomic E-state index is -0.833. The summed E-state index contributed by atoms with van der Waals surface area (Å²) in [5, 5.41) is 7.42. The third kappa shape index (κ3) is 43.5. The van der Waals surface area contributed by atoms with Crippen LogP contribution in [0.5, 0.6) is 0 Å². The van der Waals surface area contributed by atoms with Gasteiger partial charge in [-0.3, -0.25) is 4.79 Å². The predicted molar refractivity (Wildman–Crippen MR) is 27.6 cm³/mol. The molecule has 0 radical (unpaired) electrons. The Labute approximate surface area is 91.3 Å². The summed E-state index contributed by atoms with van der Waals surface area (Å²) in [5.74, 6) is -0.833. The molecule has 28 valence electrons. The van der Waals surface area contributed by atoms with E-state index in [9.17, 15) is 0 Å². The molecule has 0 aliphatic rings. The first-order chi connectivity index (χ1) is 1.73. The van der Waals surface area contributed by atoms with E-state index in [0.29, 0.717) is 0 Å². The molecule has 0 atom stereocenters. The van der Waals surface area contributed by atoms with Crippen LogP contribution in [0.3, 0.4) is 0 Å². The summed E-state index contributed by atoms with van der Waals surface area (Å²) in [7, 11) is 0. The van der Waals surface area contributed by atoms with Gasteiger partial charge in [0.15, 0.2) is 0 Å². The van der Waals surface area contributed by atoms with Gasteiger partial charge in [-0.2, -0.15) is 0 Å². The first-order valence-corrected chi connectivity index (χ1v) is 0.928. The second kappa shape index (κ2) is 9.86. The van der Waals surface area contributed by atoms with Crippen LogP contribution in [0.1, 0.15) is 6.92 Å². The Morgan fingerprint density at radius 3 is 1.67 bits per heavy atom. The van der Waals surface area contributed by atoms with Gasteiger partial charge in [-0.05, 0) is 0 Å². The van der Waals surface area contributed by atoms with Crippen molar-refractivity contribution in [2.24, 2.45) is 0 Å². The summed E-state index contributed by atoms with van der Waals surface area (Å²) in [5.41, 5.74) is 0. The number of carboxylic acid groups (broad SMARTS) is 1. The number of carbonyl (C=O) groups is 1. The van der Waals surface area contributed by atoms with Gasteiger partial charge in [0.2, 0.25) is 0 Å². The SMILES string of the molecule is CC(=O)O.[KH].[LiH]. The second-order valence-corrected chi connectivity index (χ2v) is 0.519. The van der Waals surface area contributed by atoms with E-state index in [-0.39, 0.29) is 70.2 Å². The fourth-order valence-electron chi connectivity index (χ4n) is 0. The van der Waals surface area contributed by atoms with E-state index in [4.69, 9.17) is 9.90 Å². The molecule has 0 spiro atoms. The molecule has 0 bridgehead atoms. The fraction of sp³-hybridized carbons (Fsp3) is 0.500. The van der Waals surface area contributed by atoms with Crippen molar-refractivity contribution in [1.29, 1.82) is 0 Å². The van der Waals surface area contributed by atoms with Crippen molar-refractivity contribution < 1.29 is 9.90 Å². The molecule has 0 aromatic rings. The van der Waals surface area contributed by atoms with E-state index < -0.39 is 5.97 Å². The molecular formula is C2H6KLiO2. The number of aliphatic carboxylic acids is 1. The Kier molecular flexibility index (Phi) is 25.7. The maximum atomic E-state index is 9.00. The Morgan fingerprint density at radius 2 is 1.67 bits per heavy atom. The van der Waals surface area contributed by atoms with E-state index in [2.05, 4.69) is 0 Å². The molecule has 2 nitrogen and oxygen atoms in total. The summed E-state index contributed by atoms with van der Waals surface area (Å²) in [6, 6.07) is 0. The van der Waals surface area contributed by atoms with Gasteiger partial charge in [-0.1, -0.05) is 0 Å². The summed E-state index contributed by atoms with van der Waals surface area (Å²) in [6.07, 6.45) is 0. The van der Waals surface area contributed by atoms with Gasteiger partial charge in [0.1, 0.15) is 0 Å². The van der Waals surface area contributed by atoms with Crippen molar-refractivity contribution in [3.05, 3.63) is 0 Å². The first kappa shape index (κ1) is 15.6. The summed E-state index contributed by atoms with van der Waals surface area (Å²) >= 11 is 0. The van der Waals surface area contributed by atoms with Gasteiger partial charge in [0.25, 0.3) is 5.97 Å². The Balaban J connectivity index is -0.0000000450. The van der Waals surface area contributed by atoms with Crippen LogP contribution in [-0.4, -0.2) is 81.3 Å². The second-order valence-electron chi connectivity index (χ2n) is 0.519. The van der Waals surface area contributed by atoms with E-state index in [1.807, 2.05) is 0 Å². The van der Waals surface area contributed by atoms with Gasteiger partial charge in [0.05, 0.1) is 0 Å². The molecule has 0 saturated carbocycles. The Bertz CT molecular complexity index is 34.5. The van der Waals surface area contributed by atoms with Crippen LogP contribution in [-0.2, 0) is 4.79 Å². The van der Waals surface area contributed by atoms with Crippen molar-refractivity contribution in [2.45, 2.75) is 6.92 Å². The molecule has 0 amide bonds. The average molecular weight is 108 g/mol. The molecule has 0 aromatic heterocycles. The van der Waals surface area contributed by atoms with Gasteiger partial charge < -0.3 is 5.11 Å². The standard InChI is InChI=1S/C2H4O2.K.Li.2H/c1-2(3)4;;;;/h1H3,(H,3,4);;;;. The molecule has 0 saturated heterocycles. The van der Waals surface area contributed by atoms with Crippen LogP contribution < -0.4 is 0 Å². The molecule has 0 aromatic carbocycles. The molecule has 0 rings (SSSR count). The van der Waals surface area contributed by atoms with Crippen LogP contribution in [0, 0.1) is 0 Å². The Morgan fingerprint density at radius 1 is 1.67 bits per heavy atom. The predicted octanol–water partition coefficient (Wildman–Crippen LogP) is -1.21. The molecule has 6 heavy (non-hydrogen) atoms. The maximum absolute atomic E-state index is 9.00. The van der Waals surface area contributed by atoms with Crippen LogP contribution in [0.4, 0.5) is 0 Å². The average Bonchev–Trinajstić information content (AvgIpc) is 0.811. The quantitative estimate of drug-likeness (QED) is 0.395. The molecule has 4 heteroatoms. The van der Waals surface area contributed by atoms with Crippen molar-refractivity contribution in [3.8, 4) is 0 Å². The first-order valence-electron chi connectivity index (χ1n) is 0.928. The van der Waals surface area contributed by atoms with Gasteiger partial charge >= 0.3 is 70.2 Å². The molecule has 0 fully saturated rings. The van der Waals surface area contributed by atoms with Crippen LogP contribution in [0.25, 0.3) is 0 Å². The monoisotopic (exact) mass is 108 g/mol. The zero-order valence-corrected chi connectivity index (χ0v) is 2.36. The summed E-state index contributed by atoms with van der Waals surface area (Å²) < 4.78 is 0. The molecule has 0 unspecified atom stereocenters. The van der Waals surface area contributed by atoms with Gasteiger partial charge in [-0.15, -0.1) is 0 Å². The molecule has 0 aliphatic heterocycles. The summed E-state index contributed by atoms with van der Waals surface area (Å²) in [4.78, 5) is 9.00. The Hall–Kier alpha value is 1.70. The van der Waals surface area contributed by atoms with Crippen LogP contribution >= 0.6 is 0 Å². The number of rotatable bonds is 0. The van der Waals surface area contributed by atoms with E-state index in [1.165, 1.54) is 0 Å². The molecule has 1 N–H and O–H groups in total. The van der Waals surface area contributed by atoms with E-state index >= 15 is 0 Å². The van der Waals surface area contributed by atoms with Crippen molar-refractivity contribution >= 4 is 76.2 Å². The summed E-state index contributed by atoms with van der Waals surface area (Å²) in [6.45, 7) is 1.08. The third-order valence-electron chi connectivity index (χ3n) is 0. The topological polar surface area (TPSA) is 37.3 Å². The fourth-order valence-corrected chi connectivity index (χ4v) is 0. The zero-order chi connectivity index (χ0) is 3.58. The van der Waals surface area contributed by atoms with Crippen LogP contribution in [0.2, 0.25) is 0 Å². The third-order valence-corrected chi connectivity index (χ3v) is 0. The number of hydrogen-bond acceptors (Lipinski definition) is 1.